The van der Waals surface area contributed by atoms with E-state index in [4.69, 9.17) is 23.2 Å². The minimum Gasteiger partial charge on any atom is -0.354 e. The Morgan fingerprint density at radius 2 is 1.60 bits per heavy atom. The van der Waals surface area contributed by atoms with Crippen LogP contribution in [0.1, 0.15) is 38.3 Å². The number of rotatable bonds is 11. The van der Waals surface area contributed by atoms with Crippen LogP contribution in [-0.4, -0.2) is 55.6 Å². The fourth-order valence-corrected chi connectivity index (χ4v) is 5.09. The van der Waals surface area contributed by atoms with Gasteiger partial charge in [-0.25, -0.2) is 8.42 Å². The second kappa shape index (κ2) is 12.7. The van der Waals surface area contributed by atoms with Gasteiger partial charge in [0.2, 0.25) is 21.8 Å². The van der Waals surface area contributed by atoms with Gasteiger partial charge in [-0.3, -0.25) is 9.59 Å². The summed E-state index contributed by atoms with van der Waals surface area (Å²) >= 11 is 12.7. The first kappa shape index (κ1) is 29.1. The van der Waals surface area contributed by atoms with E-state index in [0.717, 1.165) is 9.87 Å². The third-order valence-corrected chi connectivity index (χ3v) is 8.07. The Kier molecular flexibility index (Phi) is 10.6. The van der Waals surface area contributed by atoms with E-state index < -0.39 is 28.5 Å². The Bertz CT molecular complexity index is 1120. The molecule has 0 unspecified atom stereocenters. The molecule has 2 aromatic rings. The Morgan fingerprint density at radius 1 is 1.03 bits per heavy atom. The number of nitrogens with one attached hydrogen (secondary N) is 1. The first-order valence-electron chi connectivity index (χ1n) is 11.4. The number of nitrogens with zero attached hydrogens (tertiary/aromatic N) is 2. The zero-order valence-corrected chi connectivity index (χ0v) is 23.0. The summed E-state index contributed by atoms with van der Waals surface area (Å²) in [4.78, 5) is 28.0. The highest BCUT2D eigenvalue weighted by Gasteiger charge is 2.32. The quantitative estimate of drug-likeness (QED) is 0.453. The topological polar surface area (TPSA) is 86.8 Å². The Hall–Kier alpha value is -2.13. The lowest BCUT2D eigenvalue weighted by molar-refractivity contribution is -0.141. The van der Waals surface area contributed by atoms with Crippen molar-refractivity contribution in [3.63, 3.8) is 0 Å². The van der Waals surface area contributed by atoms with Crippen molar-refractivity contribution < 1.29 is 18.0 Å². The van der Waals surface area contributed by atoms with Crippen LogP contribution in [-0.2, 0) is 26.2 Å². The number of halogens is 2. The summed E-state index contributed by atoms with van der Waals surface area (Å²) in [6.07, 6.45) is 0.326. The van der Waals surface area contributed by atoms with Gasteiger partial charge in [-0.1, -0.05) is 67.7 Å². The van der Waals surface area contributed by atoms with Crippen LogP contribution in [0.15, 0.2) is 47.4 Å². The Labute approximate surface area is 218 Å². The maximum absolute atomic E-state index is 13.5. The molecule has 0 aromatic heterocycles. The molecular weight excluding hydrogens is 509 g/mol. The minimum atomic E-state index is -3.91. The third kappa shape index (κ3) is 7.67. The molecule has 0 bridgehead atoms. The van der Waals surface area contributed by atoms with E-state index >= 15 is 0 Å². The predicted molar refractivity (Wildman–Crippen MR) is 140 cm³/mol. The molecule has 7 nitrogen and oxygen atoms in total. The van der Waals surface area contributed by atoms with Gasteiger partial charge in [-0.15, -0.1) is 0 Å². The summed E-state index contributed by atoms with van der Waals surface area (Å²) in [6.45, 7) is 7.55. The predicted octanol–water partition coefficient (Wildman–Crippen LogP) is 4.50. The van der Waals surface area contributed by atoms with Crippen LogP contribution in [0, 0.1) is 12.8 Å². The molecule has 0 aliphatic heterocycles. The molecule has 0 aliphatic rings. The van der Waals surface area contributed by atoms with Gasteiger partial charge in [-0.2, -0.15) is 4.31 Å². The number of hydrogen-bond acceptors (Lipinski definition) is 4. The maximum atomic E-state index is 13.5. The average Bonchev–Trinajstić information content (AvgIpc) is 2.79. The van der Waals surface area contributed by atoms with E-state index in [2.05, 4.69) is 5.32 Å². The zero-order valence-electron chi connectivity index (χ0n) is 20.7. The SMILES string of the molecule is CC[C@H](C(=O)NCC(C)C)N(Cc1c(Cl)cccc1Cl)C(=O)CN(C)S(=O)(=O)c1ccc(C)cc1. The van der Waals surface area contributed by atoms with Crippen LogP contribution >= 0.6 is 23.2 Å². The molecule has 2 amide bonds. The standard InChI is InChI=1S/C25H33Cl2N3O4S/c1-6-23(25(32)28-14-17(2)3)30(15-20-21(26)8-7-9-22(20)27)24(31)16-29(5)35(33,34)19-12-10-18(4)11-13-19/h7-13,17,23H,6,14-16H2,1-5H3,(H,28,32)/t23-/m1/s1. The number of carbonyl (C=O) groups excluding carboxylic acids is 2. The lowest BCUT2D eigenvalue weighted by atomic mass is 10.1. The average molecular weight is 543 g/mol. The van der Waals surface area contributed by atoms with Crippen molar-refractivity contribution >= 4 is 45.0 Å². The first-order chi connectivity index (χ1) is 16.4. The largest absolute Gasteiger partial charge is 0.354 e. The number of amides is 2. The molecule has 1 atom stereocenters. The van der Waals surface area contributed by atoms with Crippen molar-refractivity contribution in [1.29, 1.82) is 0 Å². The van der Waals surface area contributed by atoms with Crippen LogP contribution in [0.3, 0.4) is 0 Å². The molecule has 0 spiro atoms. The molecule has 35 heavy (non-hydrogen) atoms. The van der Waals surface area contributed by atoms with E-state index in [0.29, 0.717) is 28.6 Å². The summed E-state index contributed by atoms with van der Waals surface area (Å²) in [5, 5.41) is 3.58. The maximum Gasteiger partial charge on any atom is 0.243 e. The lowest BCUT2D eigenvalue weighted by Gasteiger charge is -2.32. The molecule has 0 saturated heterocycles. The lowest BCUT2D eigenvalue weighted by Crippen LogP contribution is -2.52. The summed E-state index contributed by atoms with van der Waals surface area (Å²) < 4.78 is 27.1. The van der Waals surface area contributed by atoms with Crippen LogP contribution in [0.5, 0.6) is 0 Å². The van der Waals surface area contributed by atoms with Crippen LogP contribution in [0.4, 0.5) is 0 Å². The number of likely N-dealkylation sites (N-methyl/N-ethyl adjacent to an activating group) is 1. The number of hydrogen-bond donors (Lipinski definition) is 1. The molecule has 10 heteroatoms. The monoisotopic (exact) mass is 541 g/mol. The second-order valence-corrected chi connectivity index (χ2v) is 11.7. The van der Waals surface area contributed by atoms with Crippen LogP contribution < -0.4 is 5.32 Å². The van der Waals surface area contributed by atoms with Gasteiger partial charge in [-0.05, 0) is 43.5 Å². The van der Waals surface area contributed by atoms with Crippen molar-refractivity contribution in [2.24, 2.45) is 5.92 Å². The third-order valence-electron chi connectivity index (χ3n) is 5.55. The number of benzene rings is 2. The Morgan fingerprint density at radius 3 is 2.11 bits per heavy atom. The summed E-state index contributed by atoms with van der Waals surface area (Å²) in [7, 11) is -2.57. The Balaban J connectivity index is 2.37. The van der Waals surface area contributed by atoms with Crippen molar-refractivity contribution in [1.82, 2.24) is 14.5 Å². The normalized spacial score (nSPS) is 12.6. The first-order valence-corrected chi connectivity index (χ1v) is 13.6. The molecule has 0 saturated carbocycles. The highest BCUT2D eigenvalue weighted by molar-refractivity contribution is 7.89. The fraction of sp³-hybridized carbons (Fsp3) is 0.440. The van der Waals surface area contributed by atoms with Gasteiger partial charge >= 0.3 is 0 Å². The van der Waals surface area contributed by atoms with Gasteiger partial charge in [0.1, 0.15) is 6.04 Å². The summed E-state index contributed by atoms with van der Waals surface area (Å²) in [6, 6.07) is 10.6. The van der Waals surface area contributed by atoms with E-state index in [9.17, 15) is 18.0 Å². The summed E-state index contributed by atoms with van der Waals surface area (Å²) in [5.74, 6) is -0.628. The molecule has 0 aliphatic carbocycles. The molecule has 192 valence electrons. The molecule has 2 aromatic carbocycles. The zero-order chi connectivity index (χ0) is 26.3. The molecule has 0 fully saturated rings. The molecule has 0 heterocycles. The van der Waals surface area contributed by atoms with Crippen molar-refractivity contribution in [3.05, 3.63) is 63.6 Å². The molecular formula is C25H33Cl2N3O4S. The smallest absolute Gasteiger partial charge is 0.243 e. The van der Waals surface area contributed by atoms with Crippen molar-refractivity contribution in [3.8, 4) is 0 Å². The molecule has 0 radical (unpaired) electrons. The fourth-order valence-electron chi connectivity index (χ4n) is 3.45. The van der Waals surface area contributed by atoms with Gasteiger partial charge < -0.3 is 10.2 Å². The summed E-state index contributed by atoms with van der Waals surface area (Å²) in [5.41, 5.74) is 1.41. The van der Waals surface area contributed by atoms with Crippen LogP contribution in [0.2, 0.25) is 10.0 Å². The van der Waals surface area contributed by atoms with E-state index in [1.807, 2.05) is 20.8 Å². The van der Waals surface area contributed by atoms with Gasteiger partial charge in [0.15, 0.2) is 0 Å². The highest BCUT2D eigenvalue weighted by Crippen LogP contribution is 2.27. The minimum absolute atomic E-state index is 0.0383. The number of sulfonamides is 1. The van der Waals surface area contributed by atoms with Crippen molar-refractivity contribution in [2.45, 2.75) is 51.6 Å². The highest BCUT2D eigenvalue weighted by atomic mass is 35.5. The number of aryl methyl sites for hydroxylation is 1. The van der Waals surface area contributed by atoms with E-state index in [1.54, 1.807) is 37.3 Å². The van der Waals surface area contributed by atoms with Crippen LogP contribution in [0.25, 0.3) is 0 Å². The molecule has 1 N–H and O–H groups in total. The van der Waals surface area contributed by atoms with Gasteiger partial charge in [0, 0.05) is 35.7 Å². The van der Waals surface area contributed by atoms with E-state index in [-0.39, 0.29) is 23.3 Å². The molecule has 2 rings (SSSR count). The number of carbonyl (C=O) groups is 2. The van der Waals surface area contributed by atoms with Gasteiger partial charge in [0.25, 0.3) is 0 Å². The van der Waals surface area contributed by atoms with E-state index in [1.165, 1.54) is 24.1 Å². The van der Waals surface area contributed by atoms with Gasteiger partial charge in [0.05, 0.1) is 11.4 Å². The second-order valence-electron chi connectivity index (χ2n) is 8.86. The van der Waals surface area contributed by atoms with Crippen molar-refractivity contribution in [2.75, 3.05) is 20.1 Å².